The van der Waals surface area contributed by atoms with Crippen LogP contribution in [0.4, 0.5) is 15.8 Å². The highest BCUT2D eigenvalue weighted by atomic mass is 19.1. The summed E-state index contributed by atoms with van der Waals surface area (Å²) >= 11 is 0. The first-order chi connectivity index (χ1) is 20.3. The summed E-state index contributed by atoms with van der Waals surface area (Å²) < 4.78 is 18.9. The Morgan fingerprint density at radius 2 is 1.45 bits per heavy atom. The number of anilines is 2. The Kier molecular flexibility index (Phi) is 8.73. The summed E-state index contributed by atoms with van der Waals surface area (Å²) in [5.41, 5.74) is 5.80. The van der Waals surface area contributed by atoms with Crippen LogP contribution in [0.15, 0.2) is 83.4 Å². The van der Waals surface area contributed by atoms with Gasteiger partial charge in [0, 0.05) is 29.5 Å². The molecule has 10 heteroatoms. The number of carboxylic acid groups (broad SMARTS) is 2. The maximum absolute atomic E-state index is 13.7. The minimum atomic E-state index is -1.26. The predicted molar refractivity (Wildman–Crippen MR) is 154 cm³/mol. The van der Waals surface area contributed by atoms with E-state index < -0.39 is 11.9 Å². The molecule has 2 aliphatic rings. The van der Waals surface area contributed by atoms with Crippen molar-refractivity contribution < 1.29 is 33.5 Å². The first-order valence-electron chi connectivity index (χ1n) is 13.7. The van der Waals surface area contributed by atoms with Gasteiger partial charge in [0.15, 0.2) is 5.58 Å². The Hall–Kier alpha value is -4.83. The second kappa shape index (κ2) is 12.8. The molecule has 2 aliphatic heterocycles. The Bertz CT molecular complexity index is 1580. The Balaban J connectivity index is 0.000000390. The van der Waals surface area contributed by atoms with Crippen LogP contribution in [0.2, 0.25) is 0 Å². The lowest BCUT2D eigenvalue weighted by Crippen LogP contribution is -2.42. The zero-order valence-electron chi connectivity index (χ0n) is 22.8. The summed E-state index contributed by atoms with van der Waals surface area (Å²) in [6.07, 6.45) is 4.75. The number of fused-ring (bicyclic) bond motifs is 3. The maximum atomic E-state index is 13.7. The zero-order valence-corrected chi connectivity index (χ0v) is 22.8. The number of aliphatic carboxylic acids is 2. The van der Waals surface area contributed by atoms with E-state index in [-0.39, 0.29) is 17.6 Å². The Labute approximate surface area is 241 Å². The molecule has 0 spiro atoms. The van der Waals surface area contributed by atoms with E-state index in [4.69, 9.17) is 14.7 Å². The number of hydrogen-bond acceptors (Lipinski definition) is 6. The standard InChI is InChI=1S/C28H26FN3O2.C4H4O4/c29-22-11-12-23-26(17-22)34-30-28(23)21-13-15-31(16-14-21)18-27(33)32-24-7-3-1-5-19(24)9-10-20-6-2-4-8-25(20)32;5-3(6)1-2-4(7)8/h1-8,11-12,17,21H,9-10,13-16,18H2;1-2H,(H,5,6)(H,7,8). The van der Waals surface area contributed by atoms with Gasteiger partial charge in [-0.15, -0.1) is 0 Å². The van der Waals surface area contributed by atoms with Gasteiger partial charge in [-0.3, -0.25) is 14.6 Å². The van der Waals surface area contributed by atoms with Crippen molar-refractivity contribution in [3.63, 3.8) is 0 Å². The second-order valence-electron chi connectivity index (χ2n) is 10.3. The topological polar surface area (TPSA) is 124 Å². The molecule has 0 saturated carbocycles. The maximum Gasteiger partial charge on any atom is 0.328 e. The van der Waals surface area contributed by atoms with Crippen LogP contribution in [0.25, 0.3) is 11.0 Å². The van der Waals surface area contributed by atoms with Gasteiger partial charge in [0.2, 0.25) is 5.91 Å². The molecular formula is C32H30FN3O6. The molecule has 2 N–H and O–H groups in total. The molecule has 3 heterocycles. The Morgan fingerprint density at radius 3 is 2.02 bits per heavy atom. The second-order valence-corrected chi connectivity index (χ2v) is 10.3. The fraction of sp³-hybridized carbons (Fsp3) is 0.250. The summed E-state index contributed by atoms with van der Waals surface area (Å²) in [7, 11) is 0. The lowest BCUT2D eigenvalue weighted by atomic mass is 9.91. The molecule has 9 nitrogen and oxygen atoms in total. The van der Waals surface area contributed by atoms with E-state index in [0.717, 1.165) is 61.2 Å². The van der Waals surface area contributed by atoms with Crippen molar-refractivity contribution in [2.24, 2.45) is 0 Å². The fourth-order valence-electron chi connectivity index (χ4n) is 5.54. The van der Waals surface area contributed by atoms with Gasteiger partial charge in [0.25, 0.3) is 0 Å². The Morgan fingerprint density at radius 1 is 0.881 bits per heavy atom. The third-order valence-electron chi connectivity index (χ3n) is 7.54. The van der Waals surface area contributed by atoms with Crippen LogP contribution in [0.5, 0.6) is 0 Å². The van der Waals surface area contributed by atoms with E-state index >= 15 is 0 Å². The lowest BCUT2D eigenvalue weighted by Gasteiger charge is -2.33. The molecule has 3 aromatic carbocycles. The molecule has 0 radical (unpaired) electrons. The number of carbonyl (C=O) groups excluding carboxylic acids is 1. The van der Waals surface area contributed by atoms with E-state index in [1.807, 2.05) is 29.2 Å². The smallest absolute Gasteiger partial charge is 0.328 e. The summed E-state index contributed by atoms with van der Waals surface area (Å²) in [4.78, 5) is 36.9. The SMILES string of the molecule is O=C(CN1CCC(c2noc3cc(F)ccc23)CC1)N1c2ccccc2CCc2ccccc21.O=C(O)C=CC(=O)O. The molecule has 0 aliphatic carbocycles. The van der Waals surface area contributed by atoms with Crippen LogP contribution in [-0.4, -0.2) is 57.7 Å². The number of piperidine rings is 1. The first-order valence-corrected chi connectivity index (χ1v) is 13.7. The number of carbonyl (C=O) groups is 3. The molecule has 0 unspecified atom stereocenters. The van der Waals surface area contributed by atoms with Gasteiger partial charge in [-0.1, -0.05) is 41.6 Å². The number of hydrogen-bond donors (Lipinski definition) is 2. The number of rotatable bonds is 5. The molecule has 1 saturated heterocycles. The number of halogens is 1. The molecule has 216 valence electrons. The average molecular weight is 572 g/mol. The van der Waals surface area contributed by atoms with Crippen LogP contribution >= 0.6 is 0 Å². The third-order valence-corrected chi connectivity index (χ3v) is 7.54. The summed E-state index contributed by atoms with van der Waals surface area (Å²) in [6.45, 7) is 1.99. The van der Waals surface area contributed by atoms with E-state index in [1.165, 1.54) is 23.3 Å². The predicted octanol–water partition coefficient (Wildman–Crippen LogP) is 5.32. The fourth-order valence-corrected chi connectivity index (χ4v) is 5.54. The van der Waals surface area contributed by atoms with Crippen molar-refractivity contribution in [3.8, 4) is 0 Å². The minimum Gasteiger partial charge on any atom is -0.478 e. The van der Waals surface area contributed by atoms with Crippen LogP contribution in [0.3, 0.4) is 0 Å². The number of para-hydroxylation sites is 2. The minimum absolute atomic E-state index is 0.0996. The number of nitrogens with zero attached hydrogens (tertiary/aromatic N) is 3. The van der Waals surface area contributed by atoms with Gasteiger partial charge >= 0.3 is 11.9 Å². The molecular weight excluding hydrogens is 541 g/mol. The van der Waals surface area contributed by atoms with Crippen LogP contribution < -0.4 is 4.90 Å². The van der Waals surface area contributed by atoms with Crippen molar-refractivity contribution >= 4 is 40.2 Å². The van der Waals surface area contributed by atoms with Gasteiger partial charge < -0.3 is 14.7 Å². The van der Waals surface area contributed by atoms with Crippen molar-refractivity contribution in [2.45, 2.75) is 31.6 Å². The van der Waals surface area contributed by atoms with Gasteiger partial charge in [-0.25, -0.2) is 14.0 Å². The number of likely N-dealkylation sites (tertiary alicyclic amines) is 1. The highest BCUT2D eigenvalue weighted by Gasteiger charge is 2.30. The van der Waals surface area contributed by atoms with Crippen molar-refractivity contribution in [2.75, 3.05) is 24.5 Å². The van der Waals surface area contributed by atoms with Crippen LogP contribution in [0, 0.1) is 5.82 Å². The number of amides is 1. The highest BCUT2D eigenvalue weighted by Crippen LogP contribution is 2.37. The molecule has 42 heavy (non-hydrogen) atoms. The van der Waals surface area contributed by atoms with Gasteiger partial charge in [0.1, 0.15) is 5.82 Å². The van der Waals surface area contributed by atoms with E-state index in [2.05, 4.69) is 34.3 Å². The molecule has 1 aromatic heterocycles. The van der Waals surface area contributed by atoms with Gasteiger partial charge in [0.05, 0.1) is 23.6 Å². The normalized spacial score (nSPS) is 15.4. The van der Waals surface area contributed by atoms with Crippen LogP contribution in [-0.2, 0) is 27.2 Å². The van der Waals surface area contributed by atoms with Crippen molar-refractivity contribution in [1.82, 2.24) is 10.1 Å². The van der Waals surface area contributed by atoms with Crippen LogP contribution in [0.1, 0.15) is 35.6 Å². The molecule has 1 amide bonds. The quantitative estimate of drug-likeness (QED) is 0.309. The largest absolute Gasteiger partial charge is 0.478 e. The van der Waals surface area contributed by atoms with Crippen molar-refractivity contribution in [1.29, 1.82) is 0 Å². The molecule has 4 aromatic rings. The summed E-state index contributed by atoms with van der Waals surface area (Å²) in [6, 6.07) is 21.1. The third kappa shape index (κ3) is 6.55. The molecule has 0 bridgehead atoms. The molecule has 6 rings (SSSR count). The number of aromatic nitrogens is 1. The lowest BCUT2D eigenvalue weighted by molar-refractivity contribution is -0.134. The van der Waals surface area contributed by atoms with E-state index in [9.17, 15) is 18.8 Å². The first kappa shape index (κ1) is 28.7. The molecule has 0 atom stereocenters. The average Bonchev–Trinajstić information content (AvgIpc) is 3.31. The van der Waals surface area contributed by atoms with E-state index in [0.29, 0.717) is 24.3 Å². The van der Waals surface area contributed by atoms with E-state index in [1.54, 1.807) is 6.07 Å². The number of carboxylic acids is 2. The highest BCUT2D eigenvalue weighted by molar-refractivity contribution is 6.03. The number of benzene rings is 3. The van der Waals surface area contributed by atoms with Gasteiger partial charge in [-0.2, -0.15) is 0 Å². The van der Waals surface area contributed by atoms with Crippen molar-refractivity contribution in [3.05, 3.63) is 102 Å². The zero-order chi connectivity index (χ0) is 29.6. The number of aryl methyl sites for hydroxylation is 2. The van der Waals surface area contributed by atoms with Gasteiger partial charge in [-0.05, 0) is 74.2 Å². The molecule has 1 fully saturated rings. The summed E-state index contributed by atoms with van der Waals surface area (Å²) in [5.74, 6) is -2.49. The monoisotopic (exact) mass is 571 g/mol. The summed E-state index contributed by atoms with van der Waals surface area (Å²) in [5, 5.41) is 20.8.